The van der Waals surface area contributed by atoms with Crippen LogP contribution >= 0.6 is 0 Å². The zero-order valence-electron chi connectivity index (χ0n) is 21.9. The first-order valence-corrected chi connectivity index (χ1v) is 12.9. The number of alkyl halides is 2. The second-order valence-corrected chi connectivity index (χ2v) is 9.31. The SMILES string of the molecule is CC.CN(C)C1C[C@H](c2c(C=O)cccc2OC(F)F)n2c1nc1ccc(C#CCN3CCCC3)cc12. The van der Waals surface area contributed by atoms with E-state index in [-0.39, 0.29) is 17.8 Å². The van der Waals surface area contributed by atoms with Gasteiger partial charge in [0.05, 0.1) is 29.7 Å². The molecule has 0 aliphatic carbocycles. The zero-order valence-corrected chi connectivity index (χ0v) is 21.9. The molecule has 5 rings (SSSR count). The fourth-order valence-corrected chi connectivity index (χ4v) is 5.28. The van der Waals surface area contributed by atoms with Crippen LogP contribution < -0.4 is 4.74 Å². The Hall–Kier alpha value is -3.28. The third-order valence-electron chi connectivity index (χ3n) is 6.91. The van der Waals surface area contributed by atoms with Crippen molar-refractivity contribution < 1.29 is 18.3 Å². The van der Waals surface area contributed by atoms with E-state index in [2.05, 4.69) is 26.2 Å². The molecule has 0 radical (unpaired) electrons. The van der Waals surface area contributed by atoms with E-state index in [0.717, 1.165) is 42.1 Å². The lowest BCUT2D eigenvalue weighted by atomic mass is 9.96. The normalized spacial score (nSPS) is 18.9. The lowest BCUT2D eigenvalue weighted by Gasteiger charge is -2.22. The van der Waals surface area contributed by atoms with E-state index in [1.807, 2.05) is 46.1 Å². The van der Waals surface area contributed by atoms with Crippen LogP contribution in [0.25, 0.3) is 11.0 Å². The molecule has 2 atom stereocenters. The molecule has 1 fully saturated rings. The summed E-state index contributed by atoms with van der Waals surface area (Å²) in [5, 5.41) is 0. The molecule has 1 unspecified atom stereocenters. The number of hydrogen-bond acceptors (Lipinski definition) is 5. The summed E-state index contributed by atoms with van der Waals surface area (Å²) in [6.45, 7) is 3.94. The van der Waals surface area contributed by atoms with E-state index in [1.54, 1.807) is 12.1 Å². The smallest absolute Gasteiger partial charge is 0.387 e. The second kappa shape index (κ2) is 11.8. The lowest BCUT2D eigenvalue weighted by molar-refractivity contribution is -0.0507. The van der Waals surface area contributed by atoms with E-state index < -0.39 is 6.61 Å². The predicted molar refractivity (Wildman–Crippen MR) is 141 cm³/mol. The second-order valence-electron chi connectivity index (χ2n) is 9.31. The summed E-state index contributed by atoms with van der Waals surface area (Å²) in [4.78, 5) is 21.2. The van der Waals surface area contributed by atoms with Gasteiger partial charge >= 0.3 is 6.61 Å². The van der Waals surface area contributed by atoms with Gasteiger partial charge in [0.15, 0.2) is 6.29 Å². The van der Waals surface area contributed by atoms with E-state index in [4.69, 9.17) is 9.72 Å². The summed E-state index contributed by atoms with van der Waals surface area (Å²) < 4.78 is 33.4. The summed E-state index contributed by atoms with van der Waals surface area (Å²) in [5.74, 6) is 7.40. The van der Waals surface area contributed by atoms with Gasteiger partial charge in [-0.2, -0.15) is 8.78 Å². The standard InChI is InChI=1S/C27H28F2N4O2.C2H6/c1-31(2)23-16-22(25-19(17-34)8-5-9-24(25)35-27(28)29)33-21-15-18(10-11-20(21)30-26(23)33)7-6-14-32-12-3-4-13-32;1-2/h5,8-11,15,17,22-23,27H,3-4,12-14,16H2,1-2H3;1-2H3/t22-,23?;/m1./s1. The molecule has 3 aromatic rings. The van der Waals surface area contributed by atoms with Crippen molar-refractivity contribution in [1.29, 1.82) is 0 Å². The fraction of sp³-hybridized carbons (Fsp3) is 0.448. The molecule has 2 aliphatic heterocycles. The average Bonchev–Trinajstić information content (AvgIpc) is 3.61. The molecular formula is C29H34F2N4O2. The summed E-state index contributed by atoms with van der Waals surface area (Å²) in [5.41, 5.74) is 3.34. The molecule has 0 spiro atoms. The molecule has 8 heteroatoms. The van der Waals surface area contributed by atoms with Gasteiger partial charge in [0, 0.05) is 16.7 Å². The zero-order chi connectivity index (χ0) is 26.5. The Morgan fingerprint density at radius 1 is 1.19 bits per heavy atom. The predicted octanol–water partition coefficient (Wildman–Crippen LogP) is 5.52. The number of carbonyl (C=O) groups is 1. The van der Waals surface area contributed by atoms with Crippen LogP contribution in [0.1, 0.15) is 72.5 Å². The van der Waals surface area contributed by atoms with Crippen LogP contribution in [-0.2, 0) is 0 Å². The Kier molecular flexibility index (Phi) is 8.57. The number of hydrogen-bond donors (Lipinski definition) is 0. The van der Waals surface area contributed by atoms with Gasteiger partial charge in [0.1, 0.15) is 11.6 Å². The first kappa shape index (κ1) is 26.8. The number of imidazole rings is 1. The number of likely N-dealkylation sites (tertiary alicyclic amines) is 1. The largest absolute Gasteiger partial charge is 0.434 e. The van der Waals surface area contributed by atoms with E-state index >= 15 is 0 Å². The lowest BCUT2D eigenvalue weighted by Crippen LogP contribution is -2.18. The van der Waals surface area contributed by atoms with Crippen molar-refractivity contribution in [2.24, 2.45) is 0 Å². The van der Waals surface area contributed by atoms with Crippen LogP contribution in [0.4, 0.5) is 8.78 Å². The third-order valence-corrected chi connectivity index (χ3v) is 6.91. The number of aromatic nitrogens is 2. The van der Waals surface area contributed by atoms with Crippen LogP contribution in [0.5, 0.6) is 5.75 Å². The van der Waals surface area contributed by atoms with Gasteiger partial charge in [-0.25, -0.2) is 4.98 Å². The Morgan fingerprint density at radius 2 is 1.95 bits per heavy atom. The van der Waals surface area contributed by atoms with Crippen LogP contribution in [0, 0.1) is 11.8 Å². The van der Waals surface area contributed by atoms with Crippen molar-refractivity contribution in [2.75, 3.05) is 33.7 Å². The number of benzene rings is 2. The highest BCUT2D eigenvalue weighted by Gasteiger charge is 2.38. The summed E-state index contributed by atoms with van der Waals surface area (Å²) in [6, 6.07) is 10.2. The van der Waals surface area contributed by atoms with Crippen LogP contribution in [0.3, 0.4) is 0 Å². The molecule has 196 valence electrons. The molecule has 0 saturated carbocycles. The van der Waals surface area contributed by atoms with Crippen LogP contribution in [0.15, 0.2) is 36.4 Å². The summed E-state index contributed by atoms with van der Waals surface area (Å²) in [7, 11) is 3.93. The number of rotatable bonds is 6. The molecule has 1 aromatic heterocycles. The number of fused-ring (bicyclic) bond motifs is 3. The fourth-order valence-electron chi connectivity index (χ4n) is 5.28. The molecule has 0 bridgehead atoms. The maximum Gasteiger partial charge on any atom is 0.387 e. The van der Waals surface area contributed by atoms with Gasteiger partial charge in [0.2, 0.25) is 0 Å². The number of aldehydes is 1. The quantitative estimate of drug-likeness (QED) is 0.324. The van der Waals surface area contributed by atoms with Crippen molar-refractivity contribution in [3.63, 3.8) is 0 Å². The van der Waals surface area contributed by atoms with Gasteiger partial charge in [-0.3, -0.25) is 14.6 Å². The monoisotopic (exact) mass is 508 g/mol. The van der Waals surface area contributed by atoms with E-state index in [1.165, 1.54) is 18.9 Å². The molecular weight excluding hydrogens is 474 g/mol. The maximum atomic E-state index is 13.2. The molecule has 3 heterocycles. The third kappa shape index (κ3) is 5.53. The Bertz CT molecular complexity index is 1300. The van der Waals surface area contributed by atoms with Crippen molar-refractivity contribution in [3.05, 3.63) is 58.9 Å². The highest BCUT2D eigenvalue weighted by atomic mass is 19.3. The van der Waals surface area contributed by atoms with Crippen molar-refractivity contribution in [3.8, 4) is 17.6 Å². The Balaban J connectivity index is 0.00000156. The molecule has 6 nitrogen and oxygen atoms in total. The molecule has 2 aromatic carbocycles. The number of nitrogens with zero attached hydrogens (tertiary/aromatic N) is 4. The molecule has 2 aliphatic rings. The van der Waals surface area contributed by atoms with Gasteiger partial charge in [-0.05, 0) is 70.7 Å². The Morgan fingerprint density at radius 3 is 2.62 bits per heavy atom. The summed E-state index contributed by atoms with van der Waals surface area (Å²) >= 11 is 0. The molecule has 0 amide bonds. The minimum absolute atomic E-state index is 0.0170. The minimum atomic E-state index is -2.99. The number of carbonyl (C=O) groups excluding carboxylic acids is 1. The average molecular weight is 509 g/mol. The maximum absolute atomic E-state index is 13.2. The van der Waals surface area contributed by atoms with Gasteiger partial charge < -0.3 is 9.30 Å². The topological polar surface area (TPSA) is 50.6 Å². The number of ether oxygens (including phenoxy) is 1. The minimum Gasteiger partial charge on any atom is -0.434 e. The Labute approximate surface area is 217 Å². The molecule has 1 saturated heterocycles. The highest BCUT2D eigenvalue weighted by molar-refractivity contribution is 5.82. The van der Waals surface area contributed by atoms with E-state index in [9.17, 15) is 13.6 Å². The molecule has 37 heavy (non-hydrogen) atoms. The van der Waals surface area contributed by atoms with Crippen molar-refractivity contribution in [2.45, 2.75) is 51.8 Å². The molecule has 0 N–H and O–H groups in total. The number of halogens is 2. The van der Waals surface area contributed by atoms with Crippen molar-refractivity contribution in [1.82, 2.24) is 19.4 Å². The van der Waals surface area contributed by atoms with E-state index in [0.29, 0.717) is 23.8 Å². The van der Waals surface area contributed by atoms with Crippen LogP contribution in [-0.4, -0.2) is 66.0 Å². The van der Waals surface area contributed by atoms with Crippen molar-refractivity contribution >= 4 is 17.3 Å². The first-order chi connectivity index (χ1) is 18.0. The van der Waals surface area contributed by atoms with Gasteiger partial charge in [0.25, 0.3) is 0 Å². The van der Waals surface area contributed by atoms with Gasteiger partial charge in [-0.15, -0.1) is 0 Å². The first-order valence-electron chi connectivity index (χ1n) is 12.9. The van der Waals surface area contributed by atoms with Gasteiger partial charge in [-0.1, -0.05) is 37.8 Å². The highest BCUT2D eigenvalue weighted by Crippen LogP contribution is 2.46. The van der Waals surface area contributed by atoms with Crippen LogP contribution in [0.2, 0.25) is 0 Å². The summed E-state index contributed by atoms with van der Waals surface area (Å²) in [6.07, 6.45) is 3.73.